The molecule has 0 saturated carbocycles. The first-order chi connectivity index (χ1) is 22.0. The molecule has 0 saturated heterocycles. The number of carboxylic acid groups (broad SMARTS) is 4. The lowest BCUT2D eigenvalue weighted by molar-refractivity contribution is -0.141. The van der Waals surface area contributed by atoms with E-state index in [0.29, 0.717) is 34.2 Å². The predicted octanol–water partition coefficient (Wildman–Crippen LogP) is 0.766. The number of carboxylic acids is 4. The van der Waals surface area contributed by atoms with Crippen molar-refractivity contribution in [1.29, 1.82) is 0 Å². The van der Waals surface area contributed by atoms with Crippen molar-refractivity contribution in [3.63, 3.8) is 0 Å². The van der Waals surface area contributed by atoms with Crippen LogP contribution >= 0.6 is 0 Å². The predicted molar refractivity (Wildman–Crippen MR) is 165 cm³/mol. The monoisotopic (exact) mass is 635 g/mol. The minimum atomic E-state index is -1.08. The molecule has 3 aromatic rings. The van der Waals surface area contributed by atoms with E-state index < -0.39 is 23.9 Å². The van der Waals surface area contributed by atoms with Crippen molar-refractivity contribution in [2.45, 2.75) is 13.1 Å². The van der Waals surface area contributed by atoms with E-state index in [1.54, 1.807) is 43.9 Å². The van der Waals surface area contributed by atoms with Crippen LogP contribution in [0.4, 0.5) is 0 Å². The molecule has 1 aliphatic heterocycles. The third-order valence-electron chi connectivity index (χ3n) is 7.29. The molecule has 15 heteroatoms. The molecule has 15 nitrogen and oxygen atoms in total. The number of hydrogen-bond donors (Lipinski definition) is 4. The van der Waals surface area contributed by atoms with Gasteiger partial charge in [-0.05, 0) is 36.4 Å². The van der Waals surface area contributed by atoms with Gasteiger partial charge in [0.15, 0.2) is 0 Å². The quantitative estimate of drug-likeness (QED) is 0.270. The number of pyridine rings is 3. The number of rotatable bonds is 8. The van der Waals surface area contributed by atoms with Crippen molar-refractivity contribution in [3.05, 3.63) is 66.0 Å². The Balaban J connectivity index is 1.71. The largest absolute Gasteiger partial charge is 0.480 e. The Morgan fingerprint density at radius 2 is 0.739 bits per heavy atom. The Hall–Kier alpha value is -4.83. The van der Waals surface area contributed by atoms with E-state index in [1.165, 1.54) is 0 Å². The first-order valence-corrected chi connectivity index (χ1v) is 14.7. The van der Waals surface area contributed by atoms with Gasteiger partial charge in [0, 0.05) is 52.4 Å². The van der Waals surface area contributed by atoms with Crippen molar-refractivity contribution in [3.8, 4) is 22.8 Å². The Morgan fingerprint density at radius 1 is 0.457 bits per heavy atom. The lowest BCUT2D eigenvalue weighted by atomic mass is 10.1. The molecule has 0 fully saturated rings. The fourth-order valence-electron chi connectivity index (χ4n) is 5.18. The minimum Gasteiger partial charge on any atom is -0.480 e. The molecule has 4 N–H and O–H groups in total. The molecule has 0 atom stereocenters. The highest BCUT2D eigenvalue weighted by Crippen LogP contribution is 2.21. The SMILES string of the molecule is O=C(O)CN1CCN(CC(=O)O)CCN(CC(=O)O)Cc2cccc(n2)-c2cccc(n2)-c2cccc(n2)CN(CC(=O)O)CC1. The third-order valence-corrected chi connectivity index (χ3v) is 7.29. The highest BCUT2D eigenvalue weighted by Gasteiger charge is 2.20. The molecule has 0 aromatic carbocycles. The Labute approximate surface area is 265 Å². The van der Waals surface area contributed by atoms with Crippen molar-refractivity contribution in [2.75, 3.05) is 65.4 Å². The van der Waals surface area contributed by atoms with Gasteiger partial charge in [0.25, 0.3) is 0 Å². The van der Waals surface area contributed by atoms with E-state index in [-0.39, 0.29) is 78.5 Å². The summed E-state index contributed by atoms with van der Waals surface area (Å²) in [6.07, 6.45) is 0. The fraction of sp³-hybridized carbons (Fsp3) is 0.387. The first-order valence-electron chi connectivity index (χ1n) is 14.7. The lowest BCUT2D eigenvalue weighted by Gasteiger charge is -2.29. The zero-order valence-corrected chi connectivity index (χ0v) is 25.2. The van der Waals surface area contributed by atoms with Gasteiger partial charge in [-0.1, -0.05) is 18.2 Å². The number of aliphatic carboxylic acids is 4. The number of carbonyl (C=O) groups is 4. The zero-order valence-electron chi connectivity index (χ0n) is 25.2. The van der Waals surface area contributed by atoms with E-state index in [4.69, 9.17) is 15.0 Å². The molecule has 4 heterocycles. The van der Waals surface area contributed by atoms with Crippen molar-refractivity contribution < 1.29 is 39.6 Å². The minimum absolute atomic E-state index is 0.189. The second kappa shape index (κ2) is 16.5. The van der Waals surface area contributed by atoms with Gasteiger partial charge < -0.3 is 20.4 Å². The van der Waals surface area contributed by atoms with Crippen LogP contribution in [0.2, 0.25) is 0 Å². The Bertz CT molecular complexity index is 1430. The van der Waals surface area contributed by atoms with Gasteiger partial charge in [0.05, 0.1) is 60.3 Å². The second-order valence-electron chi connectivity index (χ2n) is 11.0. The van der Waals surface area contributed by atoms with Crippen LogP contribution in [0.5, 0.6) is 0 Å². The van der Waals surface area contributed by atoms with E-state index in [2.05, 4.69) is 0 Å². The summed E-state index contributed by atoms with van der Waals surface area (Å²) in [6, 6.07) is 16.2. The molecule has 46 heavy (non-hydrogen) atoms. The topological polar surface area (TPSA) is 201 Å². The van der Waals surface area contributed by atoms with E-state index in [0.717, 1.165) is 0 Å². The molecule has 3 aromatic heterocycles. The van der Waals surface area contributed by atoms with Crippen LogP contribution in [-0.2, 0) is 32.3 Å². The molecule has 4 rings (SSSR count). The number of aromatic nitrogens is 3. The van der Waals surface area contributed by atoms with Crippen LogP contribution in [0, 0.1) is 0 Å². The maximum Gasteiger partial charge on any atom is 0.317 e. The summed E-state index contributed by atoms with van der Waals surface area (Å²) in [5, 5.41) is 38.2. The highest BCUT2D eigenvalue weighted by molar-refractivity contribution is 5.70. The Kier molecular flexibility index (Phi) is 12.2. The smallest absolute Gasteiger partial charge is 0.317 e. The molecule has 0 radical (unpaired) electrons. The van der Waals surface area contributed by atoms with Gasteiger partial charge in [-0.15, -0.1) is 0 Å². The van der Waals surface area contributed by atoms with Crippen molar-refractivity contribution in [2.24, 2.45) is 0 Å². The number of hydrogen-bond acceptors (Lipinski definition) is 11. The summed E-state index contributed by atoms with van der Waals surface area (Å²) < 4.78 is 0. The average Bonchev–Trinajstić information content (AvgIpc) is 2.99. The highest BCUT2D eigenvalue weighted by atomic mass is 16.4. The van der Waals surface area contributed by atoms with Crippen LogP contribution in [0.15, 0.2) is 54.6 Å². The van der Waals surface area contributed by atoms with Gasteiger partial charge in [0.1, 0.15) is 0 Å². The van der Waals surface area contributed by atoms with Gasteiger partial charge >= 0.3 is 23.9 Å². The third kappa shape index (κ3) is 11.0. The van der Waals surface area contributed by atoms with Crippen LogP contribution < -0.4 is 0 Å². The molecule has 6 bridgehead atoms. The van der Waals surface area contributed by atoms with E-state index >= 15 is 0 Å². The van der Waals surface area contributed by atoms with Crippen molar-refractivity contribution >= 4 is 23.9 Å². The van der Waals surface area contributed by atoms with Crippen molar-refractivity contribution in [1.82, 2.24) is 34.6 Å². The number of fused-ring (bicyclic) bond motifs is 8. The molecular formula is C31H37N7O8. The molecule has 0 aliphatic carbocycles. The van der Waals surface area contributed by atoms with Crippen LogP contribution in [0.3, 0.4) is 0 Å². The molecule has 0 amide bonds. The normalized spacial score (nSPS) is 16.3. The first kappa shape index (κ1) is 34.1. The van der Waals surface area contributed by atoms with Gasteiger partial charge in [-0.3, -0.25) is 38.8 Å². The summed E-state index contributed by atoms with van der Waals surface area (Å²) in [5.74, 6) is -4.25. The van der Waals surface area contributed by atoms with Gasteiger partial charge in [-0.2, -0.15) is 0 Å². The maximum atomic E-state index is 11.7. The van der Waals surface area contributed by atoms with E-state index in [1.807, 2.05) is 30.3 Å². The molecule has 0 spiro atoms. The number of nitrogens with zero attached hydrogens (tertiary/aromatic N) is 7. The molecular weight excluding hydrogens is 598 g/mol. The van der Waals surface area contributed by atoms with Crippen LogP contribution in [0.25, 0.3) is 22.8 Å². The Morgan fingerprint density at radius 3 is 1.09 bits per heavy atom. The molecule has 1 aliphatic rings. The fourth-order valence-corrected chi connectivity index (χ4v) is 5.18. The summed E-state index contributed by atoms with van der Waals surface area (Å²) >= 11 is 0. The maximum absolute atomic E-state index is 11.7. The zero-order chi connectivity index (χ0) is 33.1. The molecule has 244 valence electrons. The summed E-state index contributed by atoms with van der Waals surface area (Å²) in [5.41, 5.74) is 3.54. The van der Waals surface area contributed by atoms with Gasteiger partial charge in [0.2, 0.25) is 0 Å². The lowest BCUT2D eigenvalue weighted by Crippen LogP contribution is -2.45. The second-order valence-corrected chi connectivity index (χ2v) is 11.0. The molecule has 0 unspecified atom stereocenters. The van der Waals surface area contributed by atoms with Crippen LogP contribution in [-0.4, -0.2) is 144 Å². The standard InChI is InChI=1S/C31H37N7O8/c39-28(40)18-35-10-11-36(19-29(41)42)13-15-38(21-31(45)46)17-23-5-2-7-25(33-23)27-9-3-8-26(34-27)24-6-1-4-22(32-24)16-37(14-12-35)20-30(43)44/h1-9H,10-21H2,(H,39,40)(H,41,42)(H,43,44)(H,45,46). The van der Waals surface area contributed by atoms with E-state index in [9.17, 15) is 39.6 Å². The van der Waals surface area contributed by atoms with Gasteiger partial charge in [-0.25, -0.2) is 15.0 Å². The summed E-state index contributed by atoms with van der Waals surface area (Å²) in [6.45, 7) is 0.347. The summed E-state index contributed by atoms with van der Waals surface area (Å²) in [7, 11) is 0. The summed E-state index contributed by atoms with van der Waals surface area (Å²) in [4.78, 5) is 67.6. The average molecular weight is 636 g/mol. The van der Waals surface area contributed by atoms with Crippen LogP contribution in [0.1, 0.15) is 11.4 Å².